The number of benzene rings is 1. The monoisotopic (exact) mass is 277 g/mol. The third kappa shape index (κ3) is 1.94. The summed E-state index contributed by atoms with van der Waals surface area (Å²) in [6, 6.07) is 2.57. The van der Waals surface area contributed by atoms with Gasteiger partial charge < -0.3 is 10.6 Å². The SMILES string of the molecule is C=C1NC2=C(c3cc(F)c(F)cc31)C(NC)CN(C)C2. The van der Waals surface area contributed by atoms with Gasteiger partial charge >= 0.3 is 0 Å². The maximum atomic E-state index is 13.6. The number of hydrogen-bond donors (Lipinski definition) is 2. The Kier molecular flexibility index (Phi) is 3.11. The van der Waals surface area contributed by atoms with Crippen LogP contribution in [-0.4, -0.2) is 38.1 Å². The number of fused-ring (bicyclic) bond motifs is 2. The van der Waals surface area contributed by atoms with Crippen LogP contribution in [0.15, 0.2) is 24.4 Å². The van der Waals surface area contributed by atoms with Crippen molar-refractivity contribution in [3.8, 4) is 0 Å². The first-order valence-electron chi connectivity index (χ1n) is 6.56. The lowest BCUT2D eigenvalue weighted by molar-refractivity contribution is 0.320. The summed E-state index contributed by atoms with van der Waals surface area (Å²) in [4.78, 5) is 2.17. The molecule has 0 bridgehead atoms. The van der Waals surface area contributed by atoms with Crippen molar-refractivity contribution in [1.29, 1.82) is 0 Å². The molecule has 2 heterocycles. The highest BCUT2D eigenvalue weighted by Gasteiger charge is 2.32. The normalized spacial score (nSPS) is 22.4. The summed E-state index contributed by atoms with van der Waals surface area (Å²) in [5, 5.41) is 6.47. The van der Waals surface area contributed by atoms with Crippen LogP contribution in [-0.2, 0) is 0 Å². The zero-order valence-corrected chi connectivity index (χ0v) is 11.6. The van der Waals surface area contributed by atoms with E-state index in [0.29, 0.717) is 11.3 Å². The smallest absolute Gasteiger partial charge is 0.159 e. The Labute approximate surface area is 117 Å². The van der Waals surface area contributed by atoms with Gasteiger partial charge in [-0.3, -0.25) is 4.90 Å². The van der Waals surface area contributed by atoms with Crippen LogP contribution in [0.4, 0.5) is 8.78 Å². The van der Waals surface area contributed by atoms with E-state index in [1.165, 1.54) is 12.1 Å². The lowest BCUT2D eigenvalue weighted by atomic mass is 9.86. The zero-order chi connectivity index (χ0) is 14.4. The van der Waals surface area contributed by atoms with Crippen molar-refractivity contribution in [2.75, 3.05) is 27.2 Å². The predicted molar refractivity (Wildman–Crippen MR) is 75.8 cm³/mol. The first-order chi connectivity index (χ1) is 9.51. The Hall–Kier alpha value is -1.72. The number of nitrogens with one attached hydrogen (secondary N) is 2. The first kappa shape index (κ1) is 13.3. The van der Waals surface area contributed by atoms with E-state index in [1.54, 1.807) is 0 Å². The van der Waals surface area contributed by atoms with Gasteiger partial charge in [-0.2, -0.15) is 0 Å². The Morgan fingerprint density at radius 2 is 1.95 bits per heavy atom. The van der Waals surface area contributed by atoms with Gasteiger partial charge in [0.25, 0.3) is 0 Å². The lowest BCUT2D eigenvalue weighted by Gasteiger charge is -2.38. The zero-order valence-electron chi connectivity index (χ0n) is 11.6. The Morgan fingerprint density at radius 3 is 2.60 bits per heavy atom. The molecule has 1 unspecified atom stereocenters. The molecular formula is C15H17F2N3. The van der Waals surface area contributed by atoms with Gasteiger partial charge in [-0.25, -0.2) is 8.78 Å². The molecule has 0 fully saturated rings. The molecule has 0 aliphatic carbocycles. The molecule has 1 aromatic carbocycles. The van der Waals surface area contributed by atoms with Crippen LogP contribution < -0.4 is 10.6 Å². The van der Waals surface area contributed by atoms with E-state index in [1.807, 2.05) is 14.1 Å². The van der Waals surface area contributed by atoms with Crippen LogP contribution in [0, 0.1) is 11.6 Å². The van der Waals surface area contributed by atoms with Gasteiger partial charge in [-0.1, -0.05) is 6.58 Å². The fourth-order valence-electron chi connectivity index (χ4n) is 2.99. The molecule has 0 radical (unpaired) electrons. The molecular weight excluding hydrogens is 260 g/mol. The van der Waals surface area contributed by atoms with Gasteiger partial charge in [0.05, 0.1) is 0 Å². The highest BCUT2D eigenvalue weighted by molar-refractivity contribution is 5.87. The van der Waals surface area contributed by atoms with Crippen molar-refractivity contribution in [2.45, 2.75) is 6.04 Å². The average molecular weight is 277 g/mol. The van der Waals surface area contributed by atoms with Crippen molar-refractivity contribution < 1.29 is 8.78 Å². The maximum Gasteiger partial charge on any atom is 0.159 e. The second-order valence-electron chi connectivity index (χ2n) is 5.35. The largest absolute Gasteiger partial charge is 0.358 e. The second kappa shape index (κ2) is 4.68. The van der Waals surface area contributed by atoms with Gasteiger partial charge in [0.1, 0.15) is 0 Å². The van der Waals surface area contributed by atoms with Crippen molar-refractivity contribution >= 4 is 11.3 Å². The molecule has 20 heavy (non-hydrogen) atoms. The minimum atomic E-state index is -0.843. The van der Waals surface area contributed by atoms with E-state index < -0.39 is 11.6 Å². The summed E-state index contributed by atoms with van der Waals surface area (Å²) in [5.41, 5.74) is 3.99. The third-order valence-corrected chi connectivity index (χ3v) is 3.92. The summed E-state index contributed by atoms with van der Waals surface area (Å²) >= 11 is 0. The standard InChI is InChI=1S/C15H17F2N3/c1-8-9-4-11(16)12(17)5-10(9)15-13(18-2)6-20(3)7-14(15)19-8/h4-5,13,18-19H,1,6-7H2,2-3H3. The van der Waals surface area contributed by atoms with E-state index in [-0.39, 0.29) is 6.04 Å². The summed E-state index contributed by atoms with van der Waals surface area (Å²) in [7, 11) is 3.90. The average Bonchev–Trinajstić information content (AvgIpc) is 2.40. The van der Waals surface area contributed by atoms with Crippen molar-refractivity contribution in [2.24, 2.45) is 0 Å². The van der Waals surface area contributed by atoms with E-state index in [4.69, 9.17) is 0 Å². The van der Waals surface area contributed by atoms with Gasteiger partial charge in [0.2, 0.25) is 0 Å². The molecule has 5 heteroatoms. The number of halogens is 2. The molecule has 0 amide bonds. The van der Waals surface area contributed by atoms with Crippen LogP contribution in [0.2, 0.25) is 0 Å². The molecule has 2 N–H and O–H groups in total. The fourth-order valence-corrected chi connectivity index (χ4v) is 2.99. The molecule has 0 saturated heterocycles. The molecule has 0 aromatic heterocycles. The summed E-state index contributed by atoms with van der Waals surface area (Å²) in [6.45, 7) is 5.48. The van der Waals surface area contributed by atoms with E-state index in [2.05, 4.69) is 22.1 Å². The van der Waals surface area contributed by atoms with Crippen LogP contribution in [0.1, 0.15) is 11.1 Å². The van der Waals surface area contributed by atoms with Gasteiger partial charge in [0.15, 0.2) is 11.6 Å². The minimum Gasteiger partial charge on any atom is -0.358 e. The first-order valence-corrected chi connectivity index (χ1v) is 6.56. The van der Waals surface area contributed by atoms with Crippen molar-refractivity contribution in [1.82, 2.24) is 15.5 Å². The Morgan fingerprint density at radius 1 is 1.30 bits per heavy atom. The van der Waals surface area contributed by atoms with E-state index in [9.17, 15) is 8.78 Å². The summed E-state index contributed by atoms with van der Waals surface area (Å²) < 4.78 is 27.1. The van der Waals surface area contributed by atoms with Gasteiger partial charge in [-0.15, -0.1) is 0 Å². The number of likely N-dealkylation sites (N-methyl/N-ethyl adjacent to an activating group) is 2. The third-order valence-electron chi connectivity index (χ3n) is 3.92. The fraction of sp³-hybridized carbons (Fsp3) is 0.333. The molecule has 3 rings (SSSR count). The summed E-state index contributed by atoms with van der Waals surface area (Å²) in [5.74, 6) is -1.66. The van der Waals surface area contributed by atoms with Crippen LogP contribution in [0.25, 0.3) is 11.3 Å². The number of hydrogen-bond acceptors (Lipinski definition) is 3. The lowest BCUT2D eigenvalue weighted by Crippen LogP contribution is -2.47. The Bertz CT molecular complexity index is 622. The maximum absolute atomic E-state index is 13.6. The second-order valence-corrected chi connectivity index (χ2v) is 5.35. The van der Waals surface area contributed by atoms with Crippen molar-refractivity contribution in [3.63, 3.8) is 0 Å². The summed E-state index contributed by atoms with van der Waals surface area (Å²) in [6.07, 6.45) is 0. The van der Waals surface area contributed by atoms with Gasteiger partial charge in [-0.05, 0) is 37.4 Å². The van der Waals surface area contributed by atoms with Crippen LogP contribution in [0.5, 0.6) is 0 Å². The molecule has 1 atom stereocenters. The number of nitrogens with zero attached hydrogens (tertiary/aromatic N) is 1. The molecule has 0 saturated carbocycles. The van der Waals surface area contributed by atoms with Crippen molar-refractivity contribution in [3.05, 3.63) is 47.2 Å². The van der Waals surface area contributed by atoms with E-state index >= 15 is 0 Å². The molecule has 2 aliphatic heterocycles. The predicted octanol–water partition coefficient (Wildman–Crippen LogP) is 1.78. The van der Waals surface area contributed by atoms with Crippen LogP contribution >= 0.6 is 0 Å². The molecule has 0 spiro atoms. The molecule has 3 nitrogen and oxygen atoms in total. The minimum absolute atomic E-state index is 0.0768. The van der Waals surface area contributed by atoms with E-state index in [0.717, 1.165) is 29.9 Å². The topological polar surface area (TPSA) is 27.3 Å². The number of rotatable bonds is 1. The molecule has 106 valence electrons. The highest BCUT2D eigenvalue weighted by Crippen LogP contribution is 2.36. The van der Waals surface area contributed by atoms with Gasteiger partial charge in [0, 0.05) is 36.1 Å². The highest BCUT2D eigenvalue weighted by atomic mass is 19.2. The molecule has 2 aliphatic rings. The molecule has 1 aromatic rings. The quantitative estimate of drug-likeness (QED) is 0.819. The van der Waals surface area contributed by atoms with Crippen LogP contribution in [0.3, 0.4) is 0 Å². The Balaban J connectivity index is 2.21.